The van der Waals surface area contributed by atoms with Crippen molar-refractivity contribution in [2.24, 2.45) is 4.99 Å². The van der Waals surface area contributed by atoms with Gasteiger partial charge in [-0.3, -0.25) is 4.99 Å². The number of hydrogen-bond donors (Lipinski definition) is 2. The van der Waals surface area contributed by atoms with Crippen LogP contribution in [0.1, 0.15) is 18.4 Å². The van der Waals surface area contributed by atoms with Crippen LogP contribution in [0.2, 0.25) is 0 Å². The van der Waals surface area contributed by atoms with Crippen LogP contribution in [0.25, 0.3) is 0 Å². The number of alkyl halides is 2. The molecule has 0 amide bonds. The monoisotopic (exact) mass is 383 g/mol. The van der Waals surface area contributed by atoms with Crippen LogP contribution < -0.4 is 24.8 Å². The van der Waals surface area contributed by atoms with Crippen molar-refractivity contribution in [3.05, 3.63) is 29.3 Å². The number of nitrogens with one attached hydrogen (secondary N) is 2. The Morgan fingerprint density at radius 2 is 2.07 bits per heavy atom. The smallest absolute Gasteiger partial charge is 0.387 e. The van der Waals surface area contributed by atoms with Crippen molar-refractivity contribution in [3.63, 3.8) is 0 Å². The number of ether oxygens (including phenoxy) is 4. The van der Waals surface area contributed by atoms with E-state index in [1.807, 2.05) is 0 Å². The van der Waals surface area contributed by atoms with Crippen LogP contribution in [-0.4, -0.2) is 46.2 Å². The van der Waals surface area contributed by atoms with Crippen LogP contribution in [0.15, 0.2) is 28.8 Å². The molecular formula is C18H23F2N3O4. The van der Waals surface area contributed by atoms with E-state index in [2.05, 4.69) is 26.4 Å². The van der Waals surface area contributed by atoms with E-state index in [9.17, 15) is 8.78 Å². The topological polar surface area (TPSA) is 73.3 Å². The maximum absolute atomic E-state index is 12.7. The molecule has 2 N–H and O–H groups in total. The highest BCUT2D eigenvalue weighted by Crippen LogP contribution is 2.38. The number of benzene rings is 1. The van der Waals surface area contributed by atoms with E-state index < -0.39 is 6.61 Å². The molecule has 1 aromatic rings. The van der Waals surface area contributed by atoms with Gasteiger partial charge >= 0.3 is 6.61 Å². The second kappa shape index (κ2) is 9.40. The van der Waals surface area contributed by atoms with Crippen molar-refractivity contribution < 1.29 is 27.7 Å². The molecule has 2 heterocycles. The van der Waals surface area contributed by atoms with Crippen LogP contribution in [0.3, 0.4) is 0 Å². The molecule has 0 aliphatic carbocycles. The van der Waals surface area contributed by atoms with Crippen molar-refractivity contribution in [1.82, 2.24) is 10.6 Å². The molecule has 0 aromatic heterocycles. The zero-order chi connectivity index (χ0) is 19.1. The molecule has 0 bridgehead atoms. The van der Waals surface area contributed by atoms with Gasteiger partial charge in [0, 0.05) is 31.8 Å². The first kappa shape index (κ1) is 19.2. The Hall–Kier alpha value is -2.55. The largest absolute Gasteiger partial charge is 0.454 e. The third-order valence-electron chi connectivity index (χ3n) is 4.24. The number of aliphatic imine (C=N–C) groups is 1. The lowest BCUT2D eigenvalue weighted by atomic mass is 10.1. The summed E-state index contributed by atoms with van der Waals surface area (Å²) in [6.07, 6.45) is 3.94. The van der Waals surface area contributed by atoms with Gasteiger partial charge in [-0.1, -0.05) is 11.6 Å². The van der Waals surface area contributed by atoms with Gasteiger partial charge in [0.15, 0.2) is 17.5 Å². The summed E-state index contributed by atoms with van der Waals surface area (Å²) in [7, 11) is 1.65. The van der Waals surface area contributed by atoms with Gasteiger partial charge in [0.1, 0.15) is 5.75 Å². The van der Waals surface area contributed by atoms with Gasteiger partial charge < -0.3 is 29.6 Å². The summed E-state index contributed by atoms with van der Waals surface area (Å²) < 4.78 is 45.8. The molecule has 0 atom stereocenters. The lowest BCUT2D eigenvalue weighted by molar-refractivity contribution is -0.0505. The molecule has 0 fully saturated rings. The summed E-state index contributed by atoms with van der Waals surface area (Å²) in [5.74, 6) is 1.51. The molecule has 0 unspecified atom stereocenters. The van der Waals surface area contributed by atoms with Crippen LogP contribution in [-0.2, 0) is 11.3 Å². The lowest BCUT2D eigenvalue weighted by Crippen LogP contribution is -2.37. The molecule has 0 saturated carbocycles. The molecule has 1 aromatic carbocycles. The van der Waals surface area contributed by atoms with Crippen molar-refractivity contribution in [3.8, 4) is 17.2 Å². The molecule has 0 radical (unpaired) electrons. The summed E-state index contributed by atoms with van der Waals surface area (Å²) >= 11 is 0. The molecule has 2 aliphatic rings. The first-order valence-corrected chi connectivity index (χ1v) is 8.73. The normalized spacial score (nSPS) is 16.3. The van der Waals surface area contributed by atoms with Gasteiger partial charge in [0.2, 0.25) is 6.79 Å². The van der Waals surface area contributed by atoms with E-state index >= 15 is 0 Å². The van der Waals surface area contributed by atoms with Gasteiger partial charge in [0.25, 0.3) is 0 Å². The van der Waals surface area contributed by atoms with Crippen LogP contribution in [0.5, 0.6) is 17.2 Å². The maximum Gasteiger partial charge on any atom is 0.387 e. The summed E-state index contributed by atoms with van der Waals surface area (Å²) in [6, 6.07) is 3.05. The minimum absolute atomic E-state index is 0.0459. The zero-order valence-electron chi connectivity index (χ0n) is 15.1. The third kappa shape index (κ3) is 5.46. The number of rotatable bonds is 7. The summed E-state index contributed by atoms with van der Waals surface area (Å²) in [5, 5.41) is 6.31. The number of fused-ring (bicyclic) bond motifs is 1. The molecular weight excluding hydrogens is 360 g/mol. The first-order valence-electron chi connectivity index (χ1n) is 8.73. The first-order chi connectivity index (χ1) is 13.2. The molecule has 9 heteroatoms. The van der Waals surface area contributed by atoms with Crippen LogP contribution in [0, 0.1) is 0 Å². The Kier molecular flexibility index (Phi) is 6.69. The van der Waals surface area contributed by atoms with E-state index in [0.29, 0.717) is 36.2 Å². The van der Waals surface area contributed by atoms with E-state index in [1.54, 1.807) is 13.1 Å². The molecule has 27 heavy (non-hydrogen) atoms. The Morgan fingerprint density at radius 1 is 1.26 bits per heavy atom. The Labute approximate surface area is 156 Å². The standard InChI is InChI=1S/C18H23F2N3O4/c1-21-18(22-5-2-12-3-6-24-7-4-12)23-10-13-8-15-16(26-11-25-15)9-14(13)27-17(19)20/h3,8-9,17H,2,4-7,10-11H2,1H3,(H2,21,22,23). The van der Waals surface area contributed by atoms with Gasteiger partial charge in [-0.05, 0) is 18.9 Å². The predicted octanol–water partition coefficient (Wildman–Crippen LogP) is 2.42. The average molecular weight is 383 g/mol. The highest BCUT2D eigenvalue weighted by Gasteiger charge is 2.20. The molecule has 0 spiro atoms. The molecule has 3 rings (SSSR count). The molecule has 0 saturated heterocycles. The average Bonchev–Trinajstić information content (AvgIpc) is 3.12. The highest BCUT2D eigenvalue weighted by atomic mass is 19.3. The van der Waals surface area contributed by atoms with Crippen LogP contribution >= 0.6 is 0 Å². The third-order valence-corrected chi connectivity index (χ3v) is 4.24. The van der Waals surface area contributed by atoms with Gasteiger partial charge in [0.05, 0.1) is 13.2 Å². The van der Waals surface area contributed by atoms with Crippen molar-refractivity contribution in [1.29, 1.82) is 0 Å². The Morgan fingerprint density at radius 3 is 2.78 bits per heavy atom. The van der Waals surface area contributed by atoms with Crippen LogP contribution in [0.4, 0.5) is 8.78 Å². The highest BCUT2D eigenvalue weighted by molar-refractivity contribution is 5.79. The fourth-order valence-corrected chi connectivity index (χ4v) is 2.84. The number of guanidine groups is 1. The Bertz CT molecular complexity index is 710. The predicted molar refractivity (Wildman–Crippen MR) is 95.5 cm³/mol. The van der Waals surface area contributed by atoms with Crippen molar-refractivity contribution in [2.45, 2.75) is 26.0 Å². The minimum atomic E-state index is -2.92. The molecule has 2 aliphatic heterocycles. The van der Waals surface area contributed by atoms with Crippen molar-refractivity contribution >= 4 is 5.96 Å². The second-order valence-corrected chi connectivity index (χ2v) is 5.98. The van der Waals surface area contributed by atoms with E-state index in [0.717, 1.165) is 19.4 Å². The van der Waals surface area contributed by atoms with E-state index in [-0.39, 0.29) is 19.1 Å². The number of halogens is 2. The number of nitrogens with zero attached hydrogens (tertiary/aromatic N) is 1. The quantitative estimate of drug-likeness (QED) is 0.428. The SMILES string of the molecule is CN=C(NCCC1=CCOCC1)NCc1cc2c(cc1OC(F)F)OCO2. The van der Waals surface area contributed by atoms with E-state index in [1.165, 1.54) is 11.6 Å². The van der Waals surface area contributed by atoms with Gasteiger partial charge in [-0.25, -0.2) is 0 Å². The second-order valence-electron chi connectivity index (χ2n) is 5.98. The summed E-state index contributed by atoms with van der Waals surface area (Å²) in [4.78, 5) is 4.15. The fourth-order valence-electron chi connectivity index (χ4n) is 2.84. The number of hydrogen-bond acceptors (Lipinski definition) is 5. The fraction of sp³-hybridized carbons (Fsp3) is 0.500. The maximum atomic E-state index is 12.7. The summed E-state index contributed by atoms with van der Waals surface area (Å²) in [5.41, 5.74) is 1.88. The van der Waals surface area contributed by atoms with E-state index in [4.69, 9.17) is 14.2 Å². The Balaban J connectivity index is 1.56. The van der Waals surface area contributed by atoms with Gasteiger partial charge in [-0.15, -0.1) is 0 Å². The van der Waals surface area contributed by atoms with Crippen molar-refractivity contribution in [2.75, 3.05) is 33.6 Å². The molecule has 148 valence electrons. The summed E-state index contributed by atoms with van der Waals surface area (Å²) in [6.45, 7) is -0.476. The zero-order valence-corrected chi connectivity index (χ0v) is 15.1. The van der Waals surface area contributed by atoms with Gasteiger partial charge in [-0.2, -0.15) is 8.78 Å². The molecule has 7 nitrogen and oxygen atoms in total. The minimum Gasteiger partial charge on any atom is -0.454 e. The lowest BCUT2D eigenvalue weighted by Gasteiger charge is -2.17.